The summed E-state index contributed by atoms with van der Waals surface area (Å²) in [4.78, 5) is 11.8. The first-order chi connectivity index (χ1) is 8.36. The number of rotatable bonds is 2. The zero-order valence-electron chi connectivity index (χ0n) is 11.8. The zero-order valence-corrected chi connectivity index (χ0v) is 11.8. The molecule has 104 valence electrons. The highest BCUT2D eigenvalue weighted by Crippen LogP contribution is 2.45. The van der Waals surface area contributed by atoms with Gasteiger partial charge in [-0.1, -0.05) is 13.8 Å². The van der Waals surface area contributed by atoms with Gasteiger partial charge in [0.2, 0.25) is 0 Å². The Morgan fingerprint density at radius 3 is 2.39 bits per heavy atom. The van der Waals surface area contributed by atoms with Gasteiger partial charge in [-0.05, 0) is 26.2 Å². The summed E-state index contributed by atoms with van der Waals surface area (Å²) in [6.07, 6.45) is 2.47. The largest absolute Gasteiger partial charge is 0.469 e. The molecule has 0 N–H and O–H groups in total. The predicted molar refractivity (Wildman–Crippen MR) is 66.9 cm³/mol. The van der Waals surface area contributed by atoms with Crippen molar-refractivity contribution in [2.75, 3.05) is 20.3 Å². The molecular formula is C14H24O4. The third-order valence-corrected chi connectivity index (χ3v) is 4.12. The Labute approximate surface area is 109 Å². The van der Waals surface area contributed by atoms with Crippen LogP contribution in [0.3, 0.4) is 0 Å². The van der Waals surface area contributed by atoms with Crippen molar-refractivity contribution in [3.05, 3.63) is 0 Å². The van der Waals surface area contributed by atoms with Crippen LogP contribution in [0.25, 0.3) is 0 Å². The maximum Gasteiger partial charge on any atom is 0.311 e. The molecule has 0 aromatic rings. The second-order valence-corrected chi connectivity index (χ2v) is 6.71. The molecule has 2 aliphatic rings. The molecule has 18 heavy (non-hydrogen) atoms. The third kappa shape index (κ3) is 2.69. The Balaban J connectivity index is 1.92. The van der Waals surface area contributed by atoms with Crippen LogP contribution in [0.5, 0.6) is 0 Å². The van der Waals surface area contributed by atoms with E-state index in [1.54, 1.807) is 0 Å². The lowest BCUT2D eigenvalue weighted by atomic mass is 9.87. The Kier molecular flexibility index (Phi) is 3.70. The molecule has 0 radical (unpaired) electrons. The predicted octanol–water partition coefficient (Wildman–Crippen LogP) is 2.36. The highest BCUT2D eigenvalue weighted by atomic mass is 16.7. The topological polar surface area (TPSA) is 44.8 Å². The molecule has 4 nitrogen and oxygen atoms in total. The van der Waals surface area contributed by atoms with Gasteiger partial charge in [-0.25, -0.2) is 0 Å². The number of carbonyl (C=O) groups is 1. The van der Waals surface area contributed by atoms with E-state index < -0.39 is 0 Å². The summed E-state index contributed by atoms with van der Waals surface area (Å²) in [6, 6.07) is 0. The van der Waals surface area contributed by atoms with Gasteiger partial charge in [0.15, 0.2) is 6.29 Å². The highest BCUT2D eigenvalue weighted by Gasteiger charge is 2.46. The van der Waals surface area contributed by atoms with E-state index in [0.717, 1.165) is 32.5 Å². The van der Waals surface area contributed by atoms with Gasteiger partial charge >= 0.3 is 5.97 Å². The van der Waals surface area contributed by atoms with E-state index in [2.05, 4.69) is 13.8 Å². The molecule has 0 aromatic heterocycles. The van der Waals surface area contributed by atoms with Crippen LogP contribution in [-0.2, 0) is 19.0 Å². The maximum atomic E-state index is 11.8. The molecule has 2 rings (SSSR count). The van der Waals surface area contributed by atoms with E-state index in [0.29, 0.717) is 5.92 Å². The Hall–Kier alpha value is -0.610. The van der Waals surface area contributed by atoms with Gasteiger partial charge in [0.25, 0.3) is 0 Å². The summed E-state index contributed by atoms with van der Waals surface area (Å²) in [6.45, 7) is 7.70. The Morgan fingerprint density at radius 1 is 1.22 bits per heavy atom. The number of ether oxygens (including phenoxy) is 3. The molecule has 1 heterocycles. The van der Waals surface area contributed by atoms with Crippen molar-refractivity contribution < 1.29 is 19.0 Å². The number of methoxy groups -OCH3 is 1. The van der Waals surface area contributed by atoms with Crippen molar-refractivity contribution in [2.24, 2.45) is 16.7 Å². The van der Waals surface area contributed by atoms with E-state index in [1.807, 2.05) is 6.92 Å². The van der Waals surface area contributed by atoms with Gasteiger partial charge in [0.05, 0.1) is 25.7 Å². The first kappa shape index (κ1) is 13.8. The minimum Gasteiger partial charge on any atom is -0.469 e. The molecule has 4 heteroatoms. The average Bonchev–Trinajstić information content (AvgIpc) is 2.72. The molecular weight excluding hydrogens is 232 g/mol. The molecule has 2 fully saturated rings. The summed E-state index contributed by atoms with van der Waals surface area (Å²) in [5.41, 5.74) is -0.264. The lowest BCUT2D eigenvalue weighted by molar-refractivity contribution is -0.243. The second-order valence-electron chi connectivity index (χ2n) is 6.71. The minimum atomic E-state index is -0.362. The van der Waals surface area contributed by atoms with Gasteiger partial charge in [0, 0.05) is 11.3 Å². The standard InChI is InChI=1S/C14H24O4/c1-13(2)8-17-11(18-9-13)10-5-6-14(3,7-10)12(15)16-4/h10-11H,5-9H2,1-4H3/t10-,14+/m1/s1. The van der Waals surface area contributed by atoms with Crippen LogP contribution in [0.2, 0.25) is 0 Å². The Morgan fingerprint density at radius 2 is 1.83 bits per heavy atom. The summed E-state index contributed by atoms with van der Waals surface area (Å²) in [5, 5.41) is 0. The SMILES string of the molecule is COC(=O)[C@@]1(C)CC[C@@H](C2OCC(C)(C)CO2)C1. The van der Waals surface area contributed by atoms with Crippen molar-refractivity contribution in [2.45, 2.75) is 46.3 Å². The van der Waals surface area contributed by atoms with E-state index in [4.69, 9.17) is 14.2 Å². The third-order valence-electron chi connectivity index (χ3n) is 4.12. The maximum absolute atomic E-state index is 11.8. The van der Waals surface area contributed by atoms with E-state index in [1.165, 1.54) is 7.11 Å². The van der Waals surface area contributed by atoms with E-state index in [-0.39, 0.29) is 23.1 Å². The molecule has 1 saturated heterocycles. The number of hydrogen-bond acceptors (Lipinski definition) is 4. The normalized spacial score (nSPS) is 36.6. The van der Waals surface area contributed by atoms with Crippen molar-refractivity contribution >= 4 is 5.97 Å². The van der Waals surface area contributed by atoms with Gasteiger partial charge in [-0.2, -0.15) is 0 Å². The quantitative estimate of drug-likeness (QED) is 0.711. The van der Waals surface area contributed by atoms with Crippen molar-refractivity contribution in [1.82, 2.24) is 0 Å². The first-order valence-electron chi connectivity index (χ1n) is 6.68. The van der Waals surface area contributed by atoms with Crippen LogP contribution in [0.15, 0.2) is 0 Å². The fourth-order valence-electron chi connectivity index (χ4n) is 2.93. The van der Waals surface area contributed by atoms with Crippen LogP contribution >= 0.6 is 0 Å². The summed E-state index contributed by atoms with van der Waals surface area (Å²) in [7, 11) is 1.46. The molecule has 1 saturated carbocycles. The van der Waals surface area contributed by atoms with Crippen molar-refractivity contribution in [3.63, 3.8) is 0 Å². The molecule has 0 unspecified atom stereocenters. The fourth-order valence-corrected chi connectivity index (χ4v) is 2.93. The van der Waals surface area contributed by atoms with Gasteiger partial charge in [-0.15, -0.1) is 0 Å². The van der Waals surface area contributed by atoms with E-state index in [9.17, 15) is 4.79 Å². The van der Waals surface area contributed by atoms with Gasteiger partial charge in [-0.3, -0.25) is 4.79 Å². The van der Waals surface area contributed by atoms with Crippen molar-refractivity contribution in [3.8, 4) is 0 Å². The first-order valence-corrected chi connectivity index (χ1v) is 6.68. The average molecular weight is 256 g/mol. The van der Waals surface area contributed by atoms with Crippen LogP contribution in [0.1, 0.15) is 40.0 Å². The molecule has 0 aromatic carbocycles. The van der Waals surface area contributed by atoms with Gasteiger partial charge in [0.1, 0.15) is 0 Å². The van der Waals surface area contributed by atoms with Crippen LogP contribution in [0.4, 0.5) is 0 Å². The Bertz CT molecular complexity index is 316. The van der Waals surface area contributed by atoms with Crippen molar-refractivity contribution in [1.29, 1.82) is 0 Å². The lowest BCUT2D eigenvalue weighted by Gasteiger charge is -2.37. The zero-order chi connectivity index (χ0) is 13.4. The highest BCUT2D eigenvalue weighted by molar-refractivity contribution is 5.76. The molecule has 1 aliphatic heterocycles. The van der Waals surface area contributed by atoms with Gasteiger partial charge < -0.3 is 14.2 Å². The minimum absolute atomic E-state index is 0.0980. The summed E-state index contributed by atoms with van der Waals surface area (Å²) >= 11 is 0. The lowest BCUT2D eigenvalue weighted by Crippen LogP contribution is -2.41. The monoisotopic (exact) mass is 256 g/mol. The summed E-state index contributed by atoms with van der Waals surface area (Å²) < 4.78 is 16.5. The van der Waals surface area contributed by atoms with Crippen LogP contribution in [0, 0.1) is 16.7 Å². The molecule has 2 atom stereocenters. The smallest absolute Gasteiger partial charge is 0.311 e. The number of carbonyl (C=O) groups excluding carboxylic acids is 1. The van der Waals surface area contributed by atoms with Crippen LogP contribution in [-0.4, -0.2) is 32.6 Å². The fraction of sp³-hybridized carbons (Fsp3) is 0.929. The molecule has 0 spiro atoms. The van der Waals surface area contributed by atoms with Crippen LogP contribution < -0.4 is 0 Å². The second kappa shape index (κ2) is 4.82. The number of esters is 1. The van der Waals surface area contributed by atoms with E-state index >= 15 is 0 Å². The molecule has 0 bridgehead atoms. The molecule has 1 aliphatic carbocycles. The molecule has 0 amide bonds. The summed E-state index contributed by atoms with van der Waals surface area (Å²) in [5.74, 6) is 0.200. The number of hydrogen-bond donors (Lipinski definition) is 0.